The van der Waals surface area contributed by atoms with E-state index in [1.54, 1.807) is 0 Å². The van der Waals surface area contributed by atoms with Gasteiger partial charge in [0, 0.05) is 20.1 Å². The Balaban J connectivity index is 2.33. The van der Waals surface area contributed by atoms with Crippen LogP contribution in [-0.2, 0) is 4.74 Å². The van der Waals surface area contributed by atoms with Crippen molar-refractivity contribution in [3.63, 3.8) is 0 Å². The van der Waals surface area contributed by atoms with E-state index in [4.69, 9.17) is 4.74 Å². The third-order valence-corrected chi connectivity index (χ3v) is 5.01. The lowest BCUT2D eigenvalue weighted by Gasteiger charge is -2.05. The monoisotopic (exact) mass is 360 g/mol. The van der Waals surface area contributed by atoms with Crippen LogP contribution in [0.1, 0.15) is 15.2 Å². The number of hydrogen-bond acceptors (Lipinski definition) is 3. The van der Waals surface area contributed by atoms with Gasteiger partial charge < -0.3 is 4.74 Å². The van der Waals surface area contributed by atoms with Crippen molar-refractivity contribution >= 4 is 43.3 Å². The Bertz CT molecular complexity index is 819. The lowest BCUT2D eigenvalue weighted by atomic mass is 10.0. The Labute approximate surface area is 135 Å². The number of aryl methyl sites for hydroxylation is 1. The highest BCUT2D eigenvalue weighted by Gasteiger charge is 2.20. The van der Waals surface area contributed by atoms with E-state index in [1.165, 1.54) is 24.0 Å². The molecule has 0 spiro atoms. The molecule has 0 saturated carbocycles. The molecule has 4 heteroatoms. The third-order valence-electron chi connectivity index (χ3n) is 3.36. The van der Waals surface area contributed by atoms with Gasteiger partial charge in [0.15, 0.2) is 0 Å². The standard InChI is InChI=1S/C17H13BrO2S/c1-10-3-5-11(6-4-10)15-13-9-12(18)7-8-14(13)21-16(15)17(19)20-2/h3-9H,1-2H3. The average molecular weight is 361 g/mol. The predicted molar refractivity (Wildman–Crippen MR) is 91.0 cm³/mol. The second-order valence-corrected chi connectivity index (χ2v) is 6.77. The van der Waals surface area contributed by atoms with Gasteiger partial charge in [-0.25, -0.2) is 4.79 Å². The van der Waals surface area contributed by atoms with Crippen LogP contribution in [0, 0.1) is 6.92 Å². The highest BCUT2D eigenvalue weighted by atomic mass is 79.9. The van der Waals surface area contributed by atoms with Crippen LogP contribution < -0.4 is 0 Å². The van der Waals surface area contributed by atoms with Gasteiger partial charge in [-0.3, -0.25) is 0 Å². The fraction of sp³-hybridized carbons (Fsp3) is 0.118. The van der Waals surface area contributed by atoms with E-state index in [0.717, 1.165) is 25.7 Å². The van der Waals surface area contributed by atoms with Crippen molar-refractivity contribution in [2.45, 2.75) is 6.92 Å². The quantitative estimate of drug-likeness (QED) is 0.569. The zero-order valence-corrected chi connectivity index (χ0v) is 14.0. The Morgan fingerprint density at radius 3 is 2.52 bits per heavy atom. The lowest BCUT2D eigenvalue weighted by molar-refractivity contribution is 0.0607. The first kappa shape index (κ1) is 14.3. The van der Waals surface area contributed by atoms with Crippen LogP contribution in [0.25, 0.3) is 21.2 Å². The zero-order chi connectivity index (χ0) is 15.0. The number of thiophene rings is 1. The molecule has 1 aromatic heterocycles. The number of carbonyl (C=O) groups excluding carboxylic acids is 1. The summed E-state index contributed by atoms with van der Waals surface area (Å²) < 4.78 is 7.02. The van der Waals surface area contributed by atoms with Crippen LogP contribution in [0.2, 0.25) is 0 Å². The molecule has 0 aliphatic heterocycles. The minimum absolute atomic E-state index is 0.289. The first-order valence-electron chi connectivity index (χ1n) is 6.47. The maximum atomic E-state index is 12.1. The van der Waals surface area contributed by atoms with Gasteiger partial charge in [-0.1, -0.05) is 45.8 Å². The smallest absolute Gasteiger partial charge is 0.348 e. The van der Waals surface area contributed by atoms with Crippen LogP contribution in [0.15, 0.2) is 46.9 Å². The molecule has 21 heavy (non-hydrogen) atoms. The van der Waals surface area contributed by atoms with Crippen molar-refractivity contribution < 1.29 is 9.53 Å². The van der Waals surface area contributed by atoms with Gasteiger partial charge in [0.05, 0.1) is 7.11 Å². The van der Waals surface area contributed by atoms with Crippen molar-refractivity contribution in [2.24, 2.45) is 0 Å². The molecular formula is C17H13BrO2S. The van der Waals surface area contributed by atoms with Gasteiger partial charge >= 0.3 is 5.97 Å². The van der Waals surface area contributed by atoms with Crippen LogP contribution in [-0.4, -0.2) is 13.1 Å². The molecule has 0 saturated heterocycles. The summed E-state index contributed by atoms with van der Waals surface area (Å²) >= 11 is 4.97. The van der Waals surface area contributed by atoms with Gasteiger partial charge in [0.1, 0.15) is 4.88 Å². The van der Waals surface area contributed by atoms with Gasteiger partial charge in [-0.15, -0.1) is 11.3 Å². The molecule has 0 aliphatic rings. The van der Waals surface area contributed by atoms with E-state index < -0.39 is 0 Å². The summed E-state index contributed by atoms with van der Waals surface area (Å²) in [6.45, 7) is 2.05. The molecule has 0 aliphatic carbocycles. The lowest BCUT2D eigenvalue weighted by Crippen LogP contribution is -1.99. The fourth-order valence-electron chi connectivity index (χ4n) is 2.31. The highest BCUT2D eigenvalue weighted by molar-refractivity contribution is 9.10. The summed E-state index contributed by atoms with van der Waals surface area (Å²) in [4.78, 5) is 12.8. The van der Waals surface area contributed by atoms with E-state index in [0.29, 0.717) is 4.88 Å². The third kappa shape index (κ3) is 2.61. The van der Waals surface area contributed by atoms with Gasteiger partial charge in [-0.2, -0.15) is 0 Å². The minimum Gasteiger partial charge on any atom is -0.465 e. The predicted octanol–water partition coefficient (Wildman–Crippen LogP) is 5.43. The average Bonchev–Trinajstić information content (AvgIpc) is 2.86. The zero-order valence-electron chi connectivity index (χ0n) is 11.6. The van der Waals surface area contributed by atoms with Crippen molar-refractivity contribution in [1.29, 1.82) is 0 Å². The Hall–Kier alpha value is -1.65. The van der Waals surface area contributed by atoms with Crippen LogP contribution in [0.3, 0.4) is 0 Å². The van der Waals surface area contributed by atoms with Crippen LogP contribution in [0.4, 0.5) is 0 Å². The number of fused-ring (bicyclic) bond motifs is 1. The van der Waals surface area contributed by atoms with Crippen molar-refractivity contribution in [2.75, 3.05) is 7.11 Å². The van der Waals surface area contributed by atoms with E-state index in [9.17, 15) is 4.79 Å². The molecule has 106 valence electrons. The van der Waals surface area contributed by atoms with E-state index in [1.807, 2.05) is 37.3 Å². The van der Waals surface area contributed by atoms with Gasteiger partial charge in [0.25, 0.3) is 0 Å². The van der Waals surface area contributed by atoms with E-state index in [-0.39, 0.29) is 5.97 Å². The van der Waals surface area contributed by atoms with Crippen LogP contribution >= 0.6 is 27.3 Å². The summed E-state index contributed by atoms with van der Waals surface area (Å²) in [5.41, 5.74) is 3.17. The van der Waals surface area contributed by atoms with Gasteiger partial charge in [-0.05, 0) is 30.7 Å². The van der Waals surface area contributed by atoms with Crippen molar-refractivity contribution in [3.8, 4) is 11.1 Å². The molecule has 2 nitrogen and oxygen atoms in total. The molecule has 0 unspecified atom stereocenters. The minimum atomic E-state index is -0.289. The highest BCUT2D eigenvalue weighted by Crippen LogP contribution is 2.40. The van der Waals surface area contributed by atoms with E-state index in [2.05, 4.69) is 28.1 Å². The molecular weight excluding hydrogens is 348 g/mol. The summed E-state index contributed by atoms with van der Waals surface area (Å²) in [6.07, 6.45) is 0. The number of benzene rings is 2. The first-order chi connectivity index (χ1) is 10.1. The largest absolute Gasteiger partial charge is 0.465 e. The molecule has 3 aromatic rings. The Kier molecular flexibility index (Phi) is 3.83. The second-order valence-electron chi connectivity index (χ2n) is 4.80. The first-order valence-corrected chi connectivity index (χ1v) is 8.08. The maximum Gasteiger partial charge on any atom is 0.348 e. The van der Waals surface area contributed by atoms with E-state index >= 15 is 0 Å². The topological polar surface area (TPSA) is 26.3 Å². The molecule has 0 N–H and O–H groups in total. The molecule has 0 radical (unpaired) electrons. The van der Waals surface area contributed by atoms with Crippen molar-refractivity contribution in [3.05, 3.63) is 57.4 Å². The summed E-state index contributed by atoms with van der Waals surface area (Å²) in [5.74, 6) is -0.289. The number of esters is 1. The molecule has 3 rings (SSSR count). The molecule has 2 aromatic carbocycles. The number of methoxy groups -OCH3 is 1. The number of rotatable bonds is 2. The molecule has 0 fully saturated rings. The second kappa shape index (κ2) is 5.62. The number of carbonyl (C=O) groups is 1. The molecule has 0 atom stereocenters. The Morgan fingerprint density at radius 1 is 1.14 bits per heavy atom. The number of ether oxygens (including phenoxy) is 1. The Morgan fingerprint density at radius 2 is 1.86 bits per heavy atom. The number of halogens is 1. The normalized spacial score (nSPS) is 10.8. The molecule has 0 amide bonds. The summed E-state index contributed by atoms with van der Waals surface area (Å²) in [6, 6.07) is 14.3. The molecule has 0 bridgehead atoms. The van der Waals surface area contributed by atoms with Crippen LogP contribution in [0.5, 0.6) is 0 Å². The summed E-state index contributed by atoms with van der Waals surface area (Å²) in [5, 5.41) is 1.07. The maximum absolute atomic E-state index is 12.1. The van der Waals surface area contributed by atoms with Gasteiger partial charge in [0.2, 0.25) is 0 Å². The molecule has 1 heterocycles. The fourth-order valence-corrected chi connectivity index (χ4v) is 3.80. The van der Waals surface area contributed by atoms with Crippen molar-refractivity contribution in [1.82, 2.24) is 0 Å². The number of hydrogen-bond donors (Lipinski definition) is 0. The SMILES string of the molecule is COC(=O)c1sc2ccc(Br)cc2c1-c1ccc(C)cc1. The summed E-state index contributed by atoms with van der Waals surface area (Å²) in [7, 11) is 1.42.